The van der Waals surface area contributed by atoms with Crippen molar-refractivity contribution in [2.24, 2.45) is 4.99 Å². The number of piperazine rings is 1. The Bertz CT molecular complexity index is 1160. The van der Waals surface area contributed by atoms with Gasteiger partial charge in [-0.1, -0.05) is 18.2 Å². The van der Waals surface area contributed by atoms with Gasteiger partial charge < -0.3 is 9.64 Å². The second kappa shape index (κ2) is 8.30. The summed E-state index contributed by atoms with van der Waals surface area (Å²) in [6, 6.07) is 11.2. The molecule has 0 bridgehead atoms. The lowest BCUT2D eigenvalue weighted by atomic mass is 10.0. The molecule has 0 spiro atoms. The molecule has 0 amide bonds. The van der Waals surface area contributed by atoms with Crippen LogP contribution >= 0.6 is 11.3 Å². The number of fused-ring (bicyclic) bond motifs is 4. The van der Waals surface area contributed by atoms with Crippen molar-refractivity contribution in [3.8, 4) is 0 Å². The number of halogens is 2. The molecule has 1 fully saturated rings. The van der Waals surface area contributed by atoms with E-state index in [1.54, 1.807) is 18.4 Å². The van der Waals surface area contributed by atoms with E-state index in [4.69, 9.17) is 9.73 Å². The zero-order valence-corrected chi connectivity index (χ0v) is 18.5. The normalized spacial score (nSPS) is 19.2. The van der Waals surface area contributed by atoms with E-state index in [1.807, 2.05) is 12.1 Å². The highest BCUT2D eigenvalue weighted by Gasteiger charge is 2.31. The van der Waals surface area contributed by atoms with Crippen LogP contribution in [0.1, 0.15) is 22.4 Å². The van der Waals surface area contributed by atoms with Gasteiger partial charge in [0.05, 0.1) is 5.69 Å². The van der Waals surface area contributed by atoms with E-state index < -0.39 is 11.6 Å². The highest BCUT2D eigenvalue weighted by Crippen LogP contribution is 2.39. The summed E-state index contributed by atoms with van der Waals surface area (Å²) in [5.74, 6) is -0.805. The van der Waals surface area contributed by atoms with Crippen molar-refractivity contribution in [1.82, 2.24) is 9.80 Å². The van der Waals surface area contributed by atoms with Gasteiger partial charge in [-0.25, -0.2) is 13.8 Å². The predicted molar refractivity (Wildman–Crippen MR) is 122 cm³/mol. The lowest BCUT2D eigenvalue weighted by Gasteiger charge is -2.41. The van der Waals surface area contributed by atoms with Gasteiger partial charge in [-0.15, -0.1) is 11.3 Å². The molecule has 0 aliphatic carbocycles. The lowest BCUT2D eigenvalue weighted by molar-refractivity contribution is 0.100. The van der Waals surface area contributed by atoms with Crippen molar-refractivity contribution in [3.63, 3.8) is 0 Å². The number of nitrogens with zero attached hydrogens (tertiary/aromatic N) is 3. The van der Waals surface area contributed by atoms with E-state index in [0.29, 0.717) is 24.8 Å². The highest BCUT2D eigenvalue weighted by molar-refractivity contribution is 7.19. The first kappa shape index (κ1) is 20.5. The molecule has 3 heterocycles. The molecule has 0 unspecified atom stereocenters. The molecule has 5 rings (SSSR count). The second-order valence-electron chi connectivity index (χ2n) is 8.27. The third kappa shape index (κ3) is 3.75. The minimum atomic E-state index is -0.853. The van der Waals surface area contributed by atoms with Crippen LogP contribution in [0.5, 0.6) is 0 Å². The number of ether oxygens (including phenoxy) is 1. The van der Waals surface area contributed by atoms with Crippen LogP contribution < -0.4 is 0 Å². The number of likely N-dealkylation sites (N-methyl/N-ethyl adjacent to an activating group) is 1. The van der Waals surface area contributed by atoms with Gasteiger partial charge in [0.15, 0.2) is 11.6 Å². The van der Waals surface area contributed by atoms with Gasteiger partial charge in [0.2, 0.25) is 0 Å². The zero-order valence-electron chi connectivity index (χ0n) is 17.7. The van der Waals surface area contributed by atoms with Crippen LogP contribution in [0.3, 0.4) is 0 Å². The summed E-state index contributed by atoms with van der Waals surface area (Å²) in [7, 11) is 3.87. The summed E-state index contributed by atoms with van der Waals surface area (Å²) in [6.45, 7) is 3.27. The summed E-state index contributed by atoms with van der Waals surface area (Å²) in [6.07, 6.45) is 1.49. The predicted octanol–water partition coefficient (Wildman–Crippen LogP) is 4.81. The molecule has 2 aromatic carbocycles. The van der Waals surface area contributed by atoms with Crippen molar-refractivity contribution in [2.75, 3.05) is 40.4 Å². The molecule has 0 N–H and O–H groups in total. The minimum absolute atomic E-state index is 0.345. The fourth-order valence-electron chi connectivity index (χ4n) is 4.56. The van der Waals surface area contributed by atoms with E-state index in [2.05, 4.69) is 29.0 Å². The monoisotopic (exact) mass is 441 g/mol. The molecule has 1 atom stereocenters. The molecule has 3 aromatic rings. The second-order valence-corrected chi connectivity index (χ2v) is 9.40. The Morgan fingerprint density at radius 1 is 1.16 bits per heavy atom. The summed E-state index contributed by atoms with van der Waals surface area (Å²) in [4.78, 5) is 10.8. The Hall–Kier alpha value is -2.35. The number of hydrogen-bond acceptors (Lipinski definition) is 5. The van der Waals surface area contributed by atoms with E-state index in [-0.39, 0.29) is 0 Å². The van der Waals surface area contributed by atoms with Gasteiger partial charge in [-0.2, -0.15) is 0 Å². The smallest absolute Gasteiger partial charge is 0.160 e. The number of thiophene rings is 1. The third-order valence-corrected chi connectivity index (χ3v) is 7.49. The molecular formula is C24H25F2N3OS. The standard InChI is InChI=1S/C24H25F2N3OS/c1-28-8-9-29(14-16(28)7-10-30-2)24-23-17-5-3-4-6-21(17)31-22(23)12-15-11-18(25)19(26)13-20(15)27-24/h3-6,11,13,16H,7-10,12,14H2,1-2H3/t16-/m0/s1. The van der Waals surface area contributed by atoms with E-state index in [1.165, 1.54) is 16.8 Å². The maximum Gasteiger partial charge on any atom is 0.160 e. The van der Waals surface area contributed by atoms with Crippen LogP contribution in [-0.4, -0.2) is 62.1 Å². The number of rotatable bonds is 3. The van der Waals surface area contributed by atoms with Gasteiger partial charge in [0.1, 0.15) is 5.84 Å². The number of benzene rings is 2. The molecular weight excluding hydrogens is 416 g/mol. The van der Waals surface area contributed by atoms with E-state index >= 15 is 0 Å². The van der Waals surface area contributed by atoms with Gasteiger partial charge in [0, 0.05) is 72.4 Å². The molecule has 2 aliphatic heterocycles. The zero-order chi connectivity index (χ0) is 21.5. The first-order chi connectivity index (χ1) is 15.0. The molecule has 7 heteroatoms. The Morgan fingerprint density at radius 3 is 2.81 bits per heavy atom. The van der Waals surface area contributed by atoms with Crippen molar-refractivity contribution in [2.45, 2.75) is 18.9 Å². The fourth-order valence-corrected chi connectivity index (χ4v) is 5.79. The van der Waals surface area contributed by atoms with Crippen LogP contribution in [0, 0.1) is 11.6 Å². The highest BCUT2D eigenvalue weighted by atomic mass is 32.1. The average Bonchev–Trinajstić information content (AvgIpc) is 3.05. The number of aliphatic imine (C=N–C) groups is 1. The first-order valence-electron chi connectivity index (χ1n) is 10.6. The molecule has 0 saturated carbocycles. The lowest BCUT2D eigenvalue weighted by Crippen LogP contribution is -2.53. The largest absolute Gasteiger partial charge is 0.385 e. The summed E-state index contributed by atoms with van der Waals surface area (Å²) >= 11 is 1.72. The minimum Gasteiger partial charge on any atom is -0.385 e. The molecule has 31 heavy (non-hydrogen) atoms. The van der Waals surface area contributed by atoms with Crippen molar-refractivity contribution in [1.29, 1.82) is 0 Å². The molecule has 1 aromatic heterocycles. The van der Waals surface area contributed by atoms with Crippen LogP contribution in [-0.2, 0) is 11.2 Å². The Labute approximate surface area is 184 Å². The third-order valence-electron chi connectivity index (χ3n) is 6.32. The SMILES string of the molecule is COCC[C@H]1CN(C2=Nc3cc(F)c(F)cc3Cc3sc4ccccc4c32)CCN1C. The summed E-state index contributed by atoms with van der Waals surface area (Å²) in [5, 5.41) is 1.15. The van der Waals surface area contributed by atoms with Gasteiger partial charge >= 0.3 is 0 Å². The van der Waals surface area contributed by atoms with Gasteiger partial charge in [-0.05, 0) is 31.2 Å². The Balaban J connectivity index is 1.64. The number of hydrogen-bond donors (Lipinski definition) is 0. The summed E-state index contributed by atoms with van der Waals surface area (Å²) in [5.41, 5.74) is 2.35. The van der Waals surface area contributed by atoms with Crippen LogP contribution in [0.25, 0.3) is 10.1 Å². The maximum atomic E-state index is 14.1. The van der Waals surface area contributed by atoms with Crippen molar-refractivity contribution >= 4 is 32.9 Å². The summed E-state index contributed by atoms with van der Waals surface area (Å²) < 4.78 is 34.6. The number of methoxy groups -OCH3 is 1. The molecule has 2 aliphatic rings. The molecule has 0 radical (unpaired) electrons. The fraction of sp³-hybridized carbons (Fsp3) is 0.375. The van der Waals surface area contributed by atoms with Crippen LogP contribution in [0.15, 0.2) is 41.4 Å². The first-order valence-corrected chi connectivity index (χ1v) is 11.4. The average molecular weight is 442 g/mol. The number of amidine groups is 1. The van der Waals surface area contributed by atoms with E-state index in [0.717, 1.165) is 53.3 Å². The molecule has 1 saturated heterocycles. The van der Waals surface area contributed by atoms with Crippen molar-refractivity contribution < 1.29 is 13.5 Å². The van der Waals surface area contributed by atoms with Gasteiger partial charge in [-0.3, -0.25) is 4.90 Å². The maximum absolute atomic E-state index is 14.1. The van der Waals surface area contributed by atoms with Gasteiger partial charge in [0.25, 0.3) is 0 Å². The van der Waals surface area contributed by atoms with E-state index in [9.17, 15) is 8.78 Å². The van der Waals surface area contributed by atoms with Crippen molar-refractivity contribution in [3.05, 3.63) is 64.0 Å². The Kier molecular flexibility index (Phi) is 5.50. The van der Waals surface area contributed by atoms with Crippen LogP contribution in [0.4, 0.5) is 14.5 Å². The Morgan fingerprint density at radius 2 is 1.97 bits per heavy atom. The quantitative estimate of drug-likeness (QED) is 0.584. The van der Waals surface area contributed by atoms with Crippen LogP contribution in [0.2, 0.25) is 0 Å². The molecule has 162 valence electrons. The molecule has 4 nitrogen and oxygen atoms in total. The topological polar surface area (TPSA) is 28.1 Å².